The van der Waals surface area contributed by atoms with Crippen molar-refractivity contribution in [1.29, 1.82) is 0 Å². The zero-order chi connectivity index (χ0) is 42.1. The first-order valence-corrected chi connectivity index (χ1v) is 21.9. The minimum atomic E-state index is -0.204. The van der Waals surface area contributed by atoms with Crippen molar-refractivity contribution in [2.75, 3.05) is 4.90 Å². The van der Waals surface area contributed by atoms with Crippen LogP contribution in [0.2, 0.25) is 0 Å². The van der Waals surface area contributed by atoms with Gasteiger partial charge in [-0.3, -0.25) is 0 Å². The topological polar surface area (TPSA) is 8.17 Å². The number of rotatable bonds is 7. The lowest BCUT2D eigenvalue weighted by atomic mass is 9.81. The summed E-state index contributed by atoms with van der Waals surface area (Å²) in [5.74, 6) is 0. The molecule has 1 aromatic heterocycles. The van der Waals surface area contributed by atoms with Crippen molar-refractivity contribution < 1.29 is 0 Å². The SMILES string of the molecule is CC1(C)c2cc(-c3cccc4ccccc34)ccc2-c2ccc(N(c3ccc(-c4ccccc4)cc3)c3ccc(-c4ccccc4-n4c5ccccc5c5ccccc54)cc3)cc21. The van der Waals surface area contributed by atoms with Crippen LogP contribution in [-0.4, -0.2) is 4.57 Å². The lowest BCUT2D eigenvalue weighted by Crippen LogP contribution is -2.16. The third kappa shape index (κ3) is 6.02. The van der Waals surface area contributed by atoms with Crippen LogP contribution in [0.1, 0.15) is 25.0 Å². The molecule has 0 amide bonds. The van der Waals surface area contributed by atoms with Gasteiger partial charge in [-0.05, 0) is 122 Å². The van der Waals surface area contributed by atoms with Crippen molar-refractivity contribution in [3.05, 3.63) is 242 Å². The first-order valence-electron chi connectivity index (χ1n) is 21.9. The lowest BCUT2D eigenvalue weighted by molar-refractivity contribution is 0.660. The molecule has 0 N–H and O–H groups in total. The van der Waals surface area contributed by atoms with Crippen molar-refractivity contribution in [2.24, 2.45) is 0 Å². The number of para-hydroxylation sites is 3. The van der Waals surface area contributed by atoms with Gasteiger partial charge in [-0.25, -0.2) is 0 Å². The highest BCUT2D eigenvalue weighted by atomic mass is 15.1. The Morgan fingerprint density at radius 1 is 0.333 bits per heavy atom. The molecule has 0 bridgehead atoms. The first-order chi connectivity index (χ1) is 31.0. The molecule has 2 heteroatoms. The molecule has 2 nitrogen and oxygen atoms in total. The molecule has 12 rings (SSSR count). The summed E-state index contributed by atoms with van der Waals surface area (Å²) in [6, 6.07) is 84.6. The van der Waals surface area contributed by atoms with Crippen LogP contribution in [0.15, 0.2) is 231 Å². The average Bonchev–Trinajstić information content (AvgIpc) is 3.79. The number of hydrogen-bond donors (Lipinski definition) is 0. The van der Waals surface area contributed by atoms with E-state index in [4.69, 9.17) is 0 Å². The molecular weight excluding hydrogens is 761 g/mol. The molecule has 63 heavy (non-hydrogen) atoms. The van der Waals surface area contributed by atoms with Crippen molar-refractivity contribution in [3.63, 3.8) is 0 Å². The van der Waals surface area contributed by atoms with E-state index in [0.29, 0.717) is 0 Å². The summed E-state index contributed by atoms with van der Waals surface area (Å²) in [5.41, 5.74) is 19.3. The summed E-state index contributed by atoms with van der Waals surface area (Å²) in [6.45, 7) is 4.77. The van der Waals surface area contributed by atoms with Crippen molar-refractivity contribution in [1.82, 2.24) is 4.57 Å². The summed E-state index contributed by atoms with van der Waals surface area (Å²) >= 11 is 0. The molecule has 10 aromatic carbocycles. The Morgan fingerprint density at radius 2 is 0.825 bits per heavy atom. The minimum Gasteiger partial charge on any atom is -0.310 e. The first kappa shape index (κ1) is 36.9. The largest absolute Gasteiger partial charge is 0.310 e. The van der Waals surface area contributed by atoms with Crippen LogP contribution in [0.4, 0.5) is 17.1 Å². The van der Waals surface area contributed by atoms with Crippen molar-refractivity contribution in [3.8, 4) is 50.2 Å². The summed E-state index contributed by atoms with van der Waals surface area (Å²) in [4.78, 5) is 2.41. The molecule has 1 heterocycles. The number of benzene rings is 10. The van der Waals surface area contributed by atoms with Gasteiger partial charge in [0.05, 0.1) is 16.7 Å². The second kappa shape index (κ2) is 14.6. The minimum absolute atomic E-state index is 0.204. The van der Waals surface area contributed by atoms with E-state index in [0.717, 1.165) is 17.1 Å². The highest BCUT2D eigenvalue weighted by Gasteiger charge is 2.36. The zero-order valence-electron chi connectivity index (χ0n) is 35.3. The fourth-order valence-corrected chi connectivity index (χ4v) is 10.3. The predicted molar refractivity (Wildman–Crippen MR) is 267 cm³/mol. The highest BCUT2D eigenvalue weighted by Crippen LogP contribution is 2.52. The van der Waals surface area contributed by atoms with E-state index in [1.165, 1.54) is 93.9 Å². The quantitative estimate of drug-likeness (QED) is 0.156. The van der Waals surface area contributed by atoms with Crippen LogP contribution in [-0.2, 0) is 5.41 Å². The Bertz CT molecular complexity index is 3460. The van der Waals surface area contributed by atoms with Crippen LogP contribution in [0.5, 0.6) is 0 Å². The zero-order valence-corrected chi connectivity index (χ0v) is 35.3. The maximum absolute atomic E-state index is 2.44. The third-order valence-electron chi connectivity index (χ3n) is 13.4. The van der Waals surface area contributed by atoms with E-state index < -0.39 is 0 Å². The van der Waals surface area contributed by atoms with Gasteiger partial charge in [0, 0.05) is 38.8 Å². The predicted octanol–water partition coefficient (Wildman–Crippen LogP) is 16.7. The number of nitrogens with zero attached hydrogens (tertiary/aromatic N) is 2. The third-order valence-corrected chi connectivity index (χ3v) is 13.4. The average molecular weight is 805 g/mol. The fourth-order valence-electron chi connectivity index (χ4n) is 10.3. The molecule has 1 aliphatic carbocycles. The van der Waals surface area contributed by atoms with E-state index in [1.54, 1.807) is 0 Å². The van der Waals surface area contributed by atoms with Gasteiger partial charge in [0.15, 0.2) is 0 Å². The Balaban J connectivity index is 0.960. The maximum Gasteiger partial charge on any atom is 0.0541 e. The second-order valence-corrected chi connectivity index (χ2v) is 17.3. The van der Waals surface area contributed by atoms with Crippen molar-refractivity contribution in [2.45, 2.75) is 19.3 Å². The molecule has 0 aliphatic heterocycles. The van der Waals surface area contributed by atoms with E-state index >= 15 is 0 Å². The maximum atomic E-state index is 2.44. The Hall–Kier alpha value is -7.94. The van der Waals surface area contributed by atoms with Gasteiger partial charge < -0.3 is 9.47 Å². The molecule has 0 fully saturated rings. The Labute approximate surface area is 368 Å². The van der Waals surface area contributed by atoms with E-state index in [-0.39, 0.29) is 5.41 Å². The van der Waals surface area contributed by atoms with Crippen LogP contribution in [0.3, 0.4) is 0 Å². The van der Waals surface area contributed by atoms with Crippen LogP contribution in [0.25, 0.3) is 82.8 Å². The monoisotopic (exact) mass is 804 g/mol. The van der Waals surface area contributed by atoms with Gasteiger partial charge in [-0.2, -0.15) is 0 Å². The van der Waals surface area contributed by atoms with E-state index in [2.05, 4.69) is 254 Å². The molecule has 0 radical (unpaired) electrons. The number of fused-ring (bicyclic) bond motifs is 7. The molecular formula is C61H44N2. The summed E-state index contributed by atoms with van der Waals surface area (Å²) in [7, 11) is 0. The summed E-state index contributed by atoms with van der Waals surface area (Å²) < 4.78 is 2.42. The van der Waals surface area contributed by atoms with Gasteiger partial charge >= 0.3 is 0 Å². The smallest absolute Gasteiger partial charge is 0.0541 e. The standard InChI is InChI=1S/C61H44N2/c1-61(2)56-39-45(50-23-14-18-43-17-6-7-19-49(43)50)31-37-52(56)53-38-36-48(40-57(53)61)62(46-32-27-42(28-33-46)41-15-4-3-5-16-41)47-34-29-44(30-35-47)51-20-8-11-24-58(51)63-59-25-12-9-21-54(59)55-22-10-13-26-60(55)63/h3-40H,1-2H3. The second-order valence-electron chi connectivity index (χ2n) is 17.3. The Morgan fingerprint density at radius 3 is 1.54 bits per heavy atom. The van der Waals surface area contributed by atoms with Gasteiger partial charge in [-0.15, -0.1) is 0 Å². The fraction of sp³-hybridized carbons (Fsp3) is 0.0492. The Kier molecular flexibility index (Phi) is 8.55. The van der Waals surface area contributed by atoms with Gasteiger partial charge in [0.2, 0.25) is 0 Å². The van der Waals surface area contributed by atoms with Gasteiger partial charge in [0.1, 0.15) is 0 Å². The van der Waals surface area contributed by atoms with Gasteiger partial charge in [0.25, 0.3) is 0 Å². The van der Waals surface area contributed by atoms with Crippen LogP contribution >= 0.6 is 0 Å². The molecule has 298 valence electrons. The molecule has 1 aliphatic rings. The van der Waals surface area contributed by atoms with Crippen LogP contribution in [0, 0.1) is 0 Å². The normalized spacial score (nSPS) is 12.7. The molecule has 0 saturated carbocycles. The summed E-state index contributed by atoms with van der Waals surface area (Å²) in [6.07, 6.45) is 0. The number of hydrogen-bond acceptors (Lipinski definition) is 1. The summed E-state index contributed by atoms with van der Waals surface area (Å²) in [5, 5.41) is 5.07. The van der Waals surface area contributed by atoms with E-state index in [1.807, 2.05) is 0 Å². The lowest BCUT2D eigenvalue weighted by Gasteiger charge is -2.28. The molecule has 0 spiro atoms. The molecule has 11 aromatic rings. The molecule has 0 unspecified atom stereocenters. The molecule has 0 atom stereocenters. The highest BCUT2D eigenvalue weighted by molar-refractivity contribution is 6.09. The van der Waals surface area contributed by atoms with Gasteiger partial charge in [-0.1, -0.05) is 184 Å². The molecule has 0 saturated heterocycles. The van der Waals surface area contributed by atoms with Crippen molar-refractivity contribution >= 4 is 49.6 Å². The number of aromatic nitrogens is 1. The van der Waals surface area contributed by atoms with E-state index in [9.17, 15) is 0 Å². The van der Waals surface area contributed by atoms with Crippen LogP contribution < -0.4 is 4.90 Å². The number of anilines is 3.